The first-order valence-electron chi connectivity index (χ1n) is 10.4. The number of benzene rings is 1. The molecule has 0 atom stereocenters. The number of piperidine rings is 1. The van der Waals surface area contributed by atoms with Crippen molar-refractivity contribution in [2.75, 3.05) is 13.1 Å². The van der Waals surface area contributed by atoms with Gasteiger partial charge in [0.05, 0.1) is 5.69 Å². The number of rotatable bonds is 1. The second-order valence-corrected chi connectivity index (χ2v) is 8.69. The van der Waals surface area contributed by atoms with E-state index in [0.29, 0.717) is 18.9 Å². The van der Waals surface area contributed by atoms with Crippen LogP contribution in [0.5, 0.6) is 0 Å². The average Bonchev–Trinajstić information content (AvgIpc) is 3.20. The molecule has 2 N–H and O–H groups in total. The molecule has 1 amide bonds. The van der Waals surface area contributed by atoms with Crippen LogP contribution in [0.1, 0.15) is 58.0 Å². The minimum Gasteiger partial charge on any atom is -0.358 e. The Hall–Kier alpha value is -2.89. The topological polar surface area (TPSA) is 81.8 Å². The maximum absolute atomic E-state index is 13.2. The van der Waals surface area contributed by atoms with Crippen LogP contribution in [0.25, 0.3) is 10.9 Å². The number of aryl methyl sites for hydroxylation is 3. The van der Waals surface area contributed by atoms with Crippen molar-refractivity contribution >= 4 is 16.8 Å². The molecule has 1 aliphatic heterocycles. The van der Waals surface area contributed by atoms with Crippen LogP contribution in [0.2, 0.25) is 0 Å². The fraction of sp³-hybridized carbons (Fsp3) is 0.435. The van der Waals surface area contributed by atoms with E-state index in [4.69, 9.17) is 4.98 Å². The maximum Gasteiger partial charge on any atom is 0.254 e. The summed E-state index contributed by atoms with van der Waals surface area (Å²) < 4.78 is 0. The van der Waals surface area contributed by atoms with E-state index < -0.39 is 0 Å². The van der Waals surface area contributed by atoms with Gasteiger partial charge >= 0.3 is 0 Å². The van der Waals surface area contributed by atoms with Gasteiger partial charge in [-0.15, -0.1) is 0 Å². The van der Waals surface area contributed by atoms with Crippen molar-refractivity contribution in [3.8, 4) is 0 Å². The van der Waals surface area contributed by atoms with E-state index in [9.17, 15) is 9.59 Å². The first-order valence-corrected chi connectivity index (χ1v) is 10.4. The number of aromatic amines is 2. The van der Waals surface area contributed by atoms with E-state index in [1.54, 1.807) is 0 Å². The number of carbonyl (C=O) groups excluding carboxylic acids is 1. The van der Waals surface area contributed by atoms with Gasteiger partial charge in [0, 0.05) is 46.2 Å². The number of likely N-dealkylation sites (tertiary alicyclic amines) is 1. The monoisotopic (exact) mass is 390 g/mol. The standard InChI is InChI=1S/C23H26N4O2/c1-13-14(2)24-19-5-4-16(12-18(13)19)22(29)27-10-8-23(9-11-27)7-6-17-20(23)25-15(3)26-21(17)28/h4-5,12,24H,6-11H2,1-3H3,(H,25,26,28). The lowest BCUT2D eigenvalue weighted by molar-refractivity contribution is 0.0663. The Balaban J connectivity index is 1.39. The van der Waals surface area contributed by atoms with Gasteiger partial charge in [-0.2, -0.15) is 0 Å². The molecule has 3 aromatic rings. The molecule has 1 spiro atoms. The van der Waals surface area contributed by atoms with Gasteiger partial charge in [0.15, 0.2) is 0 Å². The van der Waals surface area contributed by atoms with Gasteiger partial charge in [-0.1, -0.05) is 0 Å². The minimum absolute atomic E-state index is 0.00773. The third-order valence-corrected chi connectivity index (χ3v) is 7.05. The molecule has 150 valence electrons. The molecule has 2 aliphatic rings. The predicted octanol–water partition coefficient (Wildman–Crippen LogP) is 3.30. The normalized spacial score (nSPS) is 17.8. The van der Waals surface area contributed by atoms with E-state index in [1.165, 1.54) is 5.56 Å². The van der Waals surface area contributed by atoms with Crippen molar-refractivity contribution in [3.05, 3.63) is 62.5 Å². The molecule has 6 heteroatoms. The van der Waals surface area contributed by atoms with Gasteiger partial charge in [-0.05, 0) is 70.2 Å². The number of H-pyrrole nitrogens is 2. The fourth-order valence-electron chi connectivity index (χ4n) is 5.17. The van der Waals surface area contributed by atoms with Crippen molar-refractivity contribution in [3.63, 3.8) is 0 Å². The molecular formula is C23H26N4O2. The van der Waals surface area contributed by atoms with Crippen molar-refractivity contribution in [2.45, 2.75) is 51.9 Å². The number of aromatic nitrogens is 3. The summed E-state index contributed by atoms with van der Waals surface area (Å²) in [6.45, 7) is 7.39. The summed E-state index contributed by atoms with van der Waals surface area (Å²) in [5, 5.41) is 1.12. The maximum atomic E-state index is 13.2. The highest BCUT2D eigenvalue weighted by Crippen LogP contribution is 2.44. The second-order valence-electron chi connectivity index (χ2n) is 8.69. The number of amides is 1. The lowest BCUT2D eigenvalue weighted by Crippen LogP contribution is -2.44. The number of nitrogens with zero attached hydrogens (tertiary/aromatic N) is 2. The Bertz CT molecular complexity index is 1200. The number of nitrogens with one attached hydrogen (secondary N) is 2. The summed E-state index contributed by atoms with van der Waals surface area (Å²) in [4.78, 5) is 38.3. The third kappa shape index (κ3) is 2.73. The molecule has 0 bridgehead atoms. The minimum atomic E-state index is -0.0522. The molecule has 5 rings (SSSR count). The summed E-state index contributed by atoms with van der Waals surface area (Å²) in [5.74, 6) is 0.771. The van der Waals surface area contributed by atoms with Crippen LogP contribution in [0, 0.1) is 20.8 Å². The highest BCUT2D eigenvalue weighted by molar-refractivity contribution is 5.99. The summed E-state index contributed by atoms with van der Waals surface area (Å²) in [5.41, 5.74) is 5.93. The van der Waals surface area contributed by atoms with Gasteiger partial charge < -0.3 is 14.9 Å². The third-order valence-electron chi connectivity index (χ3n) is 7.05. The summed E-state index contributed by atoms with van der Waals surface area (Å²) in [6, 6.07) is 5.93. The molecule has 0 saturated carbocycles. The van der Waals surface area contributed by atoms with Crippen molar-refractivity contribution in [2.24, 2.45) is 0 Å². The van der Waals surface area contributed by atoms with Crippen LogP contribution in [-0.4, -0.2) is 38.8 Å². The van der Waals surface area contributed by atoms with Crippen molar-refractivity contribution in [1.82, 2.24) is 19.9 Å². The first kappa shape index (κ1) is 18.2. The van der Waals surface area contributed by atoms with E-state index >= 15 is 0 Å². The van der Waals surface area contributed by atoms with Gasteiger partial charge in [0.2, 0.25) is 0 Å². The lowest BCUT2D eigenvalue weighted by atomic mass is 9.76. The van der Waals surface area contributed by atoms with E-state index in [0.717, 1.165) is 59.1 Å². The fourth-order valence-corrected chi connectivity index (χ4v) is 5.17. The zero-order chi connectivity index (χ0) is 20.3. The molecule has 0 radical (unpaired) electrons. The predicted molar refractivity (Wildman–Crippen MR) is 113 cm³/mol. The average molecular weight is 390 g/mol. The Morgan fingerprint density at radius 2 is 1.86 bits per heavy atom. The second kappa shape index (κ2) is 6.31. The van der Waals surface area contributed by atoms with Gasteiger partial charge in [0.1, 0.15) is 5.82 Å². The lowest BCUT2D eigenvalue weighted by Gasteiger charge is -2.39. The molecule has 3 heterocycles. The molecule has 29 heavy (non-hydrogen) atoms. The number of carbonyl (C=O) groups is 1. The molecular weight excluding hydrogens is 364 g/mol. The smallest absolute Gasteiger partial charge is 0.254 e. The molecule has 2 aromatic heterocycles. The zero-order valence-electron chi connectivity index (χ0n) is 17.2. The summed E-state index contributed by atoms with van der Waals surface area (Å²) in [6.07, 6.45) is 3.48. The van der Waals surface area contributed by atoms with E-state index in [-0.39, 0.29) is 16.9 Å². The number of fused-ring (bicyclic) bond motifs is 3. The Kier molecular flexibility index (Phi) is 3.95. The Labute approximate surface area is 169 Å². The highest BCUT2D eigenvalue weighted by Gasteiger charge is 2.44. The largest absolute Gasteiger partial charge is 0.358 e. The zero-order valence-corrected chi connectivity index (χ0v) is 17.2. The van der Waals surface area contributed by atoms with Gasteiger partial charge in [0.25, 0.3) is 11.5 Å². The van der Waals surface area contributed by atoms with Crippen LogP contribution in [0.3, 0.4) is 0 Å². The Morgan fingerprint density at radius 3 is 2.62 bits per heavy atom. The SMILES string of the molecule is Cc1nc2c(c(=O)[nH]1)CCC21CCN(C(=O)c2ccc3[nH]c(C)c(C)c3c2)CC1. The molecule has 1 saturated heterocycles. The van der Waals surface area contributed by atoms with Crippen LogP contribution in [0.4, 0.5) is 0 Å². The number of hydrogen-bond donors (Lipinski definition) is 2. The summed E-state index contributed by atoms with van der Waals surface area (Å²) >= 11 is 0. The molecule has 0 unspecified atom stereocenters. The molecule has 1 aromatic carbocycles. The van der Waals surface area contributed by atoms with Crippen LogP contribution in [-0.2, 0) is 11.8 Å². The van der Waals surface area contributed by atoms with Crippen molar-refractivity contribution < 1.29 is 4.79 Å². The Morgan fingerprint density at radius 1 is 1.10 bits per heavy atom. The summed E-state index contributed by atoms with van der Waals surface area (Å²) in [7, 11) is 0. The molecule has 1 aliphatic carbocycles. The van der Waals surface area contributed by atoms with Crippen LogP contribution < -0.4 is 5.56 Å². The molecule has 1 fully saturated rings. The first-order chi connectivity index (χ1) is 13.9. The van der Waals surface area contributed by atoms with Crippen LogP contribution >= 0.6 is 0 Å². The van der Waals surface area contributed by atoms with E-state index in [2.05, 4.69) is 23.8 Å². The van der Waals surface area contributed by atoms with Crippen LogP contribution in [0.15, 0.2) is 23.0 Å². The van der Waals surface area contributed by atoms with Gasteiger partial charge in [-0.25, -0.2) is 4.98 Å². The quantitative estimate of drug-likeness (QED) is 0.669. The van der Waals surface area contributed by atoms with E-state index in [1.807, 2.05) is 30.0 Å². The molecule has 6 nitrogen and oxygen atoms in total. The number of hydrogen-bond acceptors (Lipinski definition) is 3. The highest BCUT2D eigenvalue weighted by atomic mass is 16.2. The van der Waals surface area contributed by atoms with Gasteiger partial charge in [-0.3, -0.25) is 9.59 Å². The van der Waals surface area contributed by atoms with Crippen molar-refractivity contribution in [1.29, 1.82) is 0 Å².